The van der Waals surface area contributed by atoms with Crippen molar-refractivity contribution < 1.29 is 19.8 Å². The second-order valence-electron chi connectivity index (χ2n) is 7.67. The van der Waals surface area contributed by atoms with Gasteiger partial charge in [-0.05, 0) is 42.5 Å². The van der Waals surface area contributed by atoms with Crippen LogP contribution in [0.2, 0.25) is 24.7 Å². The molecule has 1 atom stereocenters. The van der Waals surface area contributed by atoms with Crippen LogP contribution in [0, 0.1) is 0 Å². The maximum Gasteiger partial charge on any atom is 0.335 e. The Morgan fingerprint density at radius 1 is 1.19 bits per heavy atom. The van der Waals surface area contributed by atoms with Crippen molar-refractivity contribution in [1.29, 1.82) is 0 Å². The molecule has 26 heavy (non-hydrogen) atoms. The van der Waals surface area contributed by atoms with Gasteiger partial charge in [0.05, 0.1) is 11.1 Å². The zero-order chi connectivity index (χ0) is 19.9. The number of carboxylic acid groups (broad SMARTS) is 2. The van der Waals surface area contributed by atoms with E-state index in [9.17, 15) is 19.8 Å². The summed E-state index contributed by atoms with van der Waals surface area (Å²) in [6.45, 7) is 9.73. The lowest BCUT2D eigenvalue weighted by molar-refractivity contribution is 0.0680. The predicted octanol–water partition coefficient (Wildman–Crippen LogP) is 4.37. The Bertz CT molecular complexity index is 634. The van der Waals surface area contributed by atoms with Crippen molar-refractivity contribution in [2.45, 2.75) is 50.9 Å². The largest absolute Gasteiger partial charge is 0.478 e. The number of carbonyl (C=O) groups is 2. The van der Waals surface area contributed by atoms with E-state index in [1.807, 2.05) is 0 Å². The van der Waals surface area contributed by atoms with Crippen molar-refractivity contribution in [3.05, 3.63) is 34.9 Å². The molecule has 4 N–H and O–H groups in total. The topological polar surface area (TPSA) is 101 Å². The van der Waals surface area contributed by atoms with E-state index in [1.54, 1.807) is 11.8 Å². The first-order chi connectivity index (χ1) is 12.1. The molecule has 0 fully saturated rings. The second-order valence-corrected chi connectivity index (χ2v) is 14.4. The summed E-state index contributed by atoms with van der Waals surface area (Å²) in [6, 6.07) is 5.43. The molecule has 5 nitrogen and oxygen atoms in total. The number of hydrogen-bond acceptors (Lipinski definition) is 4. The fourth-order valence-corrected chi connectivity index (χ4v) is 5.69. The van der Waals surface area contributed by atoms with Crippen molar-refractivity contribution in [1.82, 2.24) is 0 Å². The molecule has 0 amide bonds. The molecule has 0 radical (unpaired) electrons. The maximum absolute atomic E-state index is 11.5. The van der Waals surface area contributed by atoms with E-state index >= 15 is 0 Å². The fraction of sp³-hybridized carbons (Fsp3) is 0.579. The number of benzene rings is 1. The lowest BCUT2D eigenvalue weighted by Crippen LogP contribution is -2.29. The molecule has 1 aromatic carbocycles. The number of thioether (sulfide) groups is 1. The quantitative estimate of drug-likeness (QED) is 0.379. The van der Waals surface area contributed by atoms with E-state index in [0.717, 1.165) is 17.7 Å². The summed E-state index contributed by atoms with van der Waals surface area (Å²) in [5.41, 5.74) is 7.39. The number of rotatable bonds is 11. The lowest BCUT2D eigenvalue weighted by Gasteiger charge is -2.26. The fourth-order valence-electron chi connectivity index (χ4n) is 2.66. The van der Waals surface area contributed by atoms with Gasteiger partial charge in [0.25, 0.3) is 0 Å². The minimum absolute atomic E-state index is 0.0955. The summed E-state index contributed by atoms with van der Waals surface area (Å²) in [5, 5.41) is 18.6. The summed E-state index contributed by atoms with van der Waals surface area (Å²) >= 11 is 1.77. The normalized spacial score (nSPS) is 13.0. The third kappa shape index (κ3) is 6.45. The van der Waals surface area contributed by atoms with Crippen molar-refractivity contribution >= 4 is 31.8 Å². The van der Waals surface area contributed by atoms with E-state index < -0.39 is 20.0 Å². The van der Waals surface area contributed by atoms with Crippen LogP contribution in [-0.2, 0) is 0 Å². The van der Waals surface area contributed by atoms with Crippen LogP contribution >= 0.6 is 11.8 Å². The van der Waals surface area contributed by atoms with Gasteiger partial charge in [0, 0.05) is 19.7 Å². The molecule has 1 aromatic rings. The van der Waals surface area contributed by atoms with Gasteiger partial charge in [0.1, 0.15) is 0 Å². The van der Waals surface area contributed by atoms with Crippen molar-refractivity contribution in [3.63, 3.8) is 0 Å². The zero-order valence-electron chi connectivity index (χ0n) is 16.1. The highest BCUT2D eigenvalue weighted by atomic mass is 32.2. The van der Waals surface area contributed by atoms with Crippen LogP contribution in [0.25, 0.3) is 0 Å². The molecule has 7 heteroatoms. The molecule has 0 aliphatic heterocycles. The number of hydrogen-bond donors (Lipinski definition) is 3. The Morgan fingerprint density at radius 3 is 2.35 bits per heavy atom. The molecule has 0 bridgehead atoms. The van der Waals surface area contributed by atoms with E-state index in [1.165, 1.54) is 24.2 Å². The van der Waals surface area contributed by atoms with Gasteiger partial charge in [-0.15, -0.1) is 0 Å². The molecule has 1 unspecified atom stereocenters. The number of aromatic carboxylic acids is 2. The standard InChI is InChI=1S/C19H31NO4SSi/c1-13(2)26(3,4)9-5-8-25-12-15(11-20)17-10-14(18(21)22)6-7-16(17)19(23)24/h6-7,10,13,15H,5,8-9,11-12,20H2,1-4H3,(H,21,22)(H,23,24). The molecule has 0 saturated heterocycles. The zero-order valence-corrected chi connectivity index (χ0v) is 17.9. The molecule has 0 aromatic heterocycles. The van der Waals surface area contributed by atoms with Gasteiger partial charge in [0.2, 0.25) is 0 Å². The molecular formula is C19H31NO4SSi. The van der Waals surface area contributed by atoms with E-state index in [2.05, 4.69) is 26.9 Å². The molecule has 0 aliphatic carbocycles. The first-order valence-electron chi connectivity index (χ1n) is 8.98. The average Bonchev–Trinajstić information content (AvgIpc) is 2.57. The highest BCUT2D eigenvalue weighted by Crippen LogP contribution is 2.29. The van der Waals surface area contributed by atoms with E-state index in [-0.39, 0.29) is 17.0 Å². The molecule has 0 heterocycles. The minimum Gasteiger partial charge on any atom is -0.478 e. The summed E-state index contributed by atoms with van der Waals surface area (Å²) < 4.78 is 0. The van der Waals surface area contributed by atoms with E-state index in [0.29, 0.717) is 17.9 Å². The average molecular weight is 398 g/mol. The highest BCUT2D eigenvalue weighted by molar-refractivity contribution is 7.99. The van der Waals surface area contributed by atoms with Crippen LogP contribution in [0.4, 0.5) is 0 Å². The first kappa shape index (κ1) is 22.7. The highest BCUT2D eigenvalue weighted by Gasteiger charge is 2.24. The van der Waals surface area contributed by atoms with Crippen molar-refractivity contribution in [3.8, 4) is 0 Å². The first-order valence-corrected chi connectivity index (χ1v) is 13.4. The Morgan fingerprint density at radius 2 is 1.85 bits per heavy atom. The van der Waals surface area contributed by atoms with Crippen LogP contribution in [0.1, 0.15) is 52.5 Å². The van der Waals surface area contributed by atoms with Gasteiger partial charge in [0.15, 0.2) is 0 Å². The van der Waals surface area contributed by atoms with Crippen molar-refractivity contribution in [2.75, 3.05) is 18.1 Å². The molecule has 0 aliphatic rings. The van der Waals surface area contributed by atoms with Gasteiger partial charge in [-0.3, -0.25) is 0 Å². The third-order valence-corrected chi connectivity index (χ3v) is 11.2. The Hall–Kier alpha value is -1.31. The SMILES string of the molecule is CC(C)[Si](C)(C)CCCSCC(CN)c1cc(C(=O)O)ccc1C(=O)O. The maximum atomic E-state index is 11.5. The van der Waals surface area contributed by atoms with Crippen LogP contribution < -0.4 is 5.73 Å². The molecular weight excluding hydrogens is 366 g/mol. The third-order valence-electron chi connectivity index (χ3n) is 5.25. The summed E-state index contributed by atoms with van der Waals surface area (Å²) in [7, 11) is -1.16. The molecule has 1 rings (SSSR count). The van der Waals surface area contributed by atoms with Crippen LogP contribution in [0.3, 0.4) is 0 Å². The Labute approximate surface area is 161 Å². The van der Waals surface area contributed by atoms with Gasteiger partial charge in [-0.1, -0.05) is 38.5 Å². The summed E-state index contributed by atoms with van der Waals surface area (Å²) in [4.78, 5) is 22.7. The van der Waals surface area contributed by atoms with Crippen molar-refractivity contribution in [2.24, 2.45) is 5.73 Å². The Kier molecular flexibility index (Phi) is 8.86. The Balaban J connectivity index is 2.75. The molecule has 146 valence electrons. The number of carboxylic acids is 2. The molecule has 0 saturated carbocycles. The van der Waals surface area contributed by atoms with Gasteiger partial charge >= 0.3 is 11.9 Å². The molecule has 0 spiro atoms. The minimum atomic E-state index is -1.16. The van der Waals surface area contributed by atoms with Crippen LogP contribution in [-0.4, -0.2) is 48.3 Å². The number of nitrogens with two attached hydrogens (primary N) is 1. The van der Waals surface area contributed by atoms with E-state index in [4.69, 9.17) is 5.73 Å². The van der Waals surface area contributed by atoms with Gasteiger partial charge < -0.3 is 15.9 Å². The lowest BCUT2D eigenvalue weighted by atomic mass is 9.93. The summed E-state index contributed by atoms with van der Waals surface area (Å²) in [5.74, 6) is -0.567. The monoisotopic (exact) mass is 397 g/mol. The summed E-state index contributed by atoms with van der Waals surface area (Å²) in [6.07, 6.45) is 1.15. The van der Waals surface area contributed by atoms with Crippen LogP contribution in [0.5, 0.6) is 0 Å². The van der Waals surface area contributed by atoms with Crippen LogP contribution in [0.15, 0.2) is 18.2 Å². The van der Waals surface area contributed by atoms with Gasteiger partial charge in [-0.2, -0.15) is 11.8 Å². The predicted molar refractivity (Wildman–Crippen MR) is 111 cm³/mol. The smallest absolute Gasteiger partial charge is 0.335 e. The van der Waals surface area contributed by atoms with Gasteiger partial charge in [-0.25, -0.2) is 9.59 Å². The second kappa shape index (κ2) is 10.1.